The van der Waals surface area contributed by atoms with Gasteiger partial charge in [-0.2, -0.15) is 0 Å². The third kappa shape index (κ3) is 2.63. The van der Waals surface area contributed by atoms with Crippen LogP contribution in [-0.4, -0.2) is 21.9 Å². The lowest BCUT2D eigenvalue weighted by Gasteiger charge is -2.08. The highest BCUT2D eigenvalue weighted by atomic mass is 32.2. The van der Waals surface area contributed by atoms with Gasteiger partial charge in [0.25, 0.3) is 0 Å². The highest BCUT2D eigenvalue weighted by molar-refractivity contribution is 8.14. The Morgan fingerprint density at radius 3 is 3.12 bits per heavy atom. The molecular weight excluding hydrogens is 230 g/mol. The molecule has 0 spiro atoms. The van der Waals surface area contributed by atoms with Crippen LogP contribution in [0.2, 0.25) is 0 Å². The Bertz CT molecular complexity index is 440. The van der Waals surface area contributed by atoms with Crippen molar-refractivity contribution in [3.8, 4) is 0 Å². The molecular formula is C13H17N3S. The fraction of sp³-hybridized carbons (Fsp3) is 0.538. The Morgan fingerprint density at radius 1 is 1.47 bits per heavy atom. The summed E-state index contributed by atoms with van der Waals surface area (Å²) in [6.07, 6.45) is 4.65. The summed E-state index contributed by atoms with van der Waals surface area (Å²) >= 11 is 1.92. The molecule has 0 bridgehead atoms. The average molecular weight is 247 g/mol. The van der Waals surface area contributed by atoms with Gasteiger partial charge in [0.05, 0.1) is 18.8 Å². The van der Waals surface area contributed by atoms with Crippen molar-refractivity contribution in [1.29, 1.82) is 0 Å². The van der Waals surface area contributed by atoms with Crippen LogP contribution in [0.25, 0.3) is 0 Å². The molecule has 1 atom stereocenters. The van der Waals surface area contributed by atoms with Crippen LogP contribution < -0.4 is 5.32 Å². The minimum atomic E-state index is 0.738. The Kier molecular flexibility index (Phi) is 3.05. The van der Waals surface area contributed by atoms with E-state index in [-0.39, 0.29) is 0 Å². The number of thioether (sulfide) groups is 1. The summed E-state index contributed by atoms with van der Waals surface area (Å²) in [6, 6.07) is 4.07. The molecule has 0 saturated heterocycles. The number of rotatable bonds is 3. The van der Waals surface area contributed by atoms with Gasteiger partial charge in [-0.25, -0.2) is 0 Å². The number of nitrogens with zero attached hydrogens (tertiary/aromatic N) is 2. The van der Waals surface area contributed by atoms with Crippen molar-refractivity contribution < 1.29 is 0 Å². The number of aryl methyl sites for hydroxylation is 1. The number of aromatic nitrogens is 1. The van der Waals surface area contributed by atoms with Crippen molar-refractivity contribution in [3.05, 3.63) is 29.6 Å². The van der Waals surface area contributed by atoms with Crippen LogP contribution in [0.3, 0.4) is 0 Å². The minimum absolute atomic E-state index is 0.738. The molecule has 1 aliphatic carbocycles. The lowest BCUT2D eigenvalue weighted by Crippen LogP contribution is -2.20. The van der Waals surface area contributed by atoms with Gasteiger partial charge in [-0.15, -0.1) is 0 Å². The molecule has 90 valence electrons. The van der Waals surface area contributed by atoms with Crippen molar-refractivity contribution in [2.45, 2.75) is 31.6 Å². The summed E-state index contributed by atoms with van der Waals surface area (Å²) in [5, 5.41) is 5.24. The van der Waals surface area contributed by atoms with Crippen LogP contribution in [0, 0.1) is 12.8 Å². The first-order chi connectivity index (χ1) is 8.33. The molecule has 3 rings (SSSR count). The topological polar surface area (TPSA) is 37.3 Å². The summed E-state index contributed by atoms with van der Waals surface area (Å²) in [5.41, 5.74) is 2.35. The van der Waals surface area contributed by atoms with Crippen molar-refractivity contribution >= 4 is 16.9 Å². The highest BCUT2D eigenvalue weighted by Crippen LogP contribution is 2.41. The lowest BCUT2D eigenvalue weighted by molar-refractivity contribution is 0.771. The van der Waals surface area contributed by atoms with Gasteiger partial charge in [-0.1, -0.05) is 17.8 Å². The van der Waals surface area contributed by atoms with E-state index in [1.165, 1.54) is 18.4 Å². The van der Waals surface area contributed by atoms with Crippen LogP contribution >= 0.6 is 11.8 Å². The molecule has 17 heavy (non-hydrogen) atoms. The second-order valence-corrected chi connectivity index (χ2v) is 5.99. The summed E-state index contributed by atoms with van der Waals surface area (Å²) in [6.45, 7) is 3.88. The van der Waals surface area contributed by atoms with Gasteiger partial charge in [0.1, 0.15) is 0 Å². The number of aliphatic imine (C=N–C) groups is 1. The maximum Gasteiger partial charge on any atom is 0.157 e. The Labute approximate surface area is 106 Å². The molecule has 1 aliphatic heterocycles. The second-order valence-electron chi connectivity index (χ2n) is 4.76. The van der Waals surface area contributed by atoms with E-state index in [2.05, 4.69) is 28.3 Å². The van der Waals surface area contributed by atoms with Crippen molar-refractivity contribution in [2.24, 2.45) is 10.9 Å². The van der Waals surface area contributed by atoms with E-state index in [9.17, 15) is 0 Å². The standard InChI is InChI=1S/C13H17N3S/c1-9-3-2-6-14-11(9)7-15-13-16-8-12(17-13)10-4-5-10/h2-3,6,10,12H,4-5,7-8H2,1H3,(H,15,16). The molecule has 2 aliphatic rings. The zero-order chi connectivity index (χ0) is 11.7. The fourth-order valence-electron chi connectivity index (χ4n) is 2.06. The molecule has 3 nitrogen and oxygen atoms in total. The molecule has 1 unspecified atom stereocenters. The molecule has 1 aromatic heterocycles. The van der Waals surface area contributed by atoms with E-state index in [1.54, 1.807) is 0 Å². The molecule has 1 fully saturated rings. The molecule has 0 amide bonds. The zero-order valence-corrected chi connectivity index (χ0v) is 10.8. The summed E-state index contributed by atoms with van der Waals surface area (Å²) in [4.78, 5) is 8.94. The van der Waals surface area contributed by atoms with Gasteiger partial charge in [-0.05, 0) is 37.3 Å². The Morgan fingerprint density at radius 2 is 2.35 bits per heavy atom. The number of pyridine rings is 1. The molecule has 1 saturated carbocycles. The Balaban J connectivity index is 1.53. The van der Waals surface area contributed by atoms with Crippen molar-refractivity contribution in [3.63, 3.8) is 0 Å². The fourth-order valence-corrected chi connectivity index (χ4v) is 3.27. The molecule has 0 aromatic carbocycles. The molecule has 0 radical (unpaired) electrons. The predicted molar refractivity (Wildman–Crippen MR) is 72.2 cm³/mol. The molecule has 1 N–H and O–H groups in total. The van der Waals surface area contributed by atoms with Crippen LogP contribution in [0.15, 0.2) is 23.3 Å². The first-order valence-electron chi connectivity index (χ1n) is 6.18. The quantitative estimate of drug-likeness (QED) is 0.891. The van der Waals surface area contributed by atoms with E-state index < -0.39 is 0 Å². The highest BCUT2D eigenvalue weighted by Gasteiger charge is 2.35. The van der Waals surface area contributed by atoms with Crippen LogP contribution in [0.5, 0.6) is 0 Å². The monoisotopic (exact) mass is 247 g/mol. The maximum absolute atomic E-state index is 4.56. The summed E-state index contributed by atoms with van der Waals surface area (Å²) in [5.74, 6) is 0.930. The van der Waals surface area contributed by atoms with Crippen molar-refractivity contribution in [2.75, 3.05) is 6.54 Å². The maximum atomic E-state index is 4.56. The van der Waals surface area contributed by atoms with E-state index in [0.717, 1.165) is 35.1 Å². The normalized spacial score (nSPS) is 23.6. The number of nitrogens with one attached hydrogen (secondary N) is 1. The predicted octanol–water partition coefficient (Wildman–Crippen LogP) is 2.36. The Hall–Kier alpha value is -1.03. The van der Waals surface area contributed by atoms with E-state index in [0.29, 0.717) is 0 Å². The van der Waals surface area contributed by atoms with Gasteiger partial charge in [0.2, 0.25) is 0 Å². The SMILES string of the molecule is Cc1cccnc1CNC1=NCC(C2CC2)S1. The van der Waals surface area contributed by atoms with Crippen LogP contribution in [-0.2, 0) is 6.54 Å². The second kappa shape index (κ2) is 4.69. The number of hydrogen-bond donors (Lipinski definition) is 1. The van der Waals surface area contributed by atoms with Gasteiger partial charge < -0.3 is 5.32 Å². The molecule has 4 heteroatoms. The van der Waals surface area contributed by atoms with E-state index in [1.807, 2.05) is 24.0 Å². The first kappa shape index (κ1) is 11.1. The van der Waals surface area contributed by atoms with Gasteiger partial charge in [0, 0.05) is 11.4 Å². The van der Waals surface area contributed by atoms with Crippen LogP contribution in [0.4, 0.5) is 0 Å². The number of amidine groups is 1. The average Bonchev–Trinajstić information content (AvgIpc) is 3.08. The summed E-state index contributed by atoms with van der Waals surface area (Å²) < 4.78 is 0. The van der Waals surface area contributed by atoms with E-state index in [4.69, 9.17) is 0 Å². The largest absolute Gasteiger partial charge is 0.359 e. The first-order valence-corrected chi connectivity index (χ1v) is 7.06. The van der Waals surface area contributed by atoms with Gasteiger partial charge in [-0.3, -0.25) is 9.98 Å². The molecule has 1 aromatic rings. The number of hydrogen-bond acceptors (Lipinski definition) is 4. The van der Waals surface area contributed by atoms with Crippen LogP contribution in [0.1, 0.15) is 24.1 Å². The van der Waals surface area contributed by atoms with Gasteiger partial charge in [0.15, 0.2) is 5.17 Å². The zero-order valence-electron chi connectivity index (χ0n) is 10.0. The lowest BCUT2D eigenvalue weighted by atomic mass is 10.2. The summed E-state index contributed by atoms with van der Waals surface area (Å²) in [7, 11) is 0. The third-order valence-corrected chi connectivity index (χ3v) is 4.68. The smallest absolute Gasteiger partial charge is 0.157 e. The molecule has 2 heterocycles. The third-order valence-electron chi connectivity index (χ3n) is 3.35. The van der Waals surface area contributed by atoms with Gasteiger partial charge >= 0.3 is 0 Å². The van der Waals surface area contributed by atoms with Crippen molar-refractivity contribution in [1.82, 2.24) is 10.3 Å². The van der Waals surface area contributed by atoms with E-state index >= 15 is 0 Å². The minimum Gasteiger partial charge on any atom is -0.359 e.